The minimum absolute atomic E-state index is 0. The molecule has 0 aliphatic carbocycles. The SMILES string of the molecule is COc1ccc(F)c([C@@H](N)c2ccc(OC(F)(F)F)cc2)c1.Cl. The average Bonchev–Trinajstić information content (AvgIpc) is 2.46. The molecular weight excluding hydrogens is 338 g/mol. The van der Waals surface area contributed by atoms with E-state index in [1.807, 2.05) is 0 Å². The Kier molecular flexibility index (Phi) is 6.23. The first-order valence-corrected chi connectivity index (χ1v) is 6.25. The molecule has 23 heavy (non-hydrogen) atoms. The fraction of sp³-hybridized carbons (Fsp3) is 0.200. The van der Waals surface area contributed by atoms with E-state index in [1.165, 1.54) is 37.4 Å². The van der Waals surface area contributed by atoms with Crippen LogP contribution in [0.2, 0.25) is 0 Å². The van der Waals surface area contributed by atoms with Gasteiger partial charge in [-0.1, -0.05) is 12.1 Å². The second-order valence-electron chi connectivity index (χ2n) is 4.48. The first-order valence-electron chi connectivity index (χ1n) is 6.25. The smallest absolute Gasteiger partial charge is 0.497 e. The summed E-state index contributed by atoms with van der Waals surface area (Å²) in [6.07, 6.45) is -4.76. The third-order valence-corrected chi connectivity index (χ3v) is 3.01. The van der Waals surface area contributed by atoms with Gasteiger partial charge in [0.15, 0.2) is 0 Å². The summed E-state index contributed by atoms with van der Waals surface area (Å²) in [4.78, 5) is 0. The number of hydrogen-bond donors (Lipinski definition) is 1. The summed E-state index contributed by atoms with van der Waals surface area (Å²) in [5, 5.41) is 0. The van der Waals surface area contributed by atoms with Crippen LogP contribution in [0.15, 0.2) is 42.5 Å². The van der Waals surface area contributed by atoms with E-state index in [9.17, 15) is 17.6 Å². The van der Waals surface area contributed by atoms with Gasteiger partial charge < -0.3 is 15.2 Å². The molecule has 8 heteroatoms. The molecule has 0 aliphatic heterocycles. The van der Waals surface area contributed by atoms with Gasteiger partial charge in [-0.25, -0.2) is 4.39 Å². The highest BCUT2D eigenvalue weighted by molar-refractivity contribution is 5.85. The van der Waals surface area contributed by atoms with Crippen molar-refractivity contribution in [2.45, 2.75) is 12.4 Å². The molecule has 0 radical (unpaired) electrons. The van der Waals surface area contributed by atoms with Gasteiger partial charge in [0.2, 0.25) is 0 Å². The number of alkyl halides is 3. The van der Waals surface area contributed by atoms with E-state index in [0.29, 0.717) is 11.3 Å². The zero-order valence-electron chi connectivity index (χ0n) is 11.9. The lowest BCUT2D eigenvalue weighted by atomic mass is 9.99. The molecule has 0 bridgehead atoms. The molecule has 0 amide bonds. The molecule has 2 aromatic rings. The van der Waals surface area contributed by atoms with Crippen LogP contribution in [-0.4, -0.2) is 13.5 Å². The quantitative estimate of drug-likeness (QED) is 0.839. The Labute approximate surface area is 136 Å². The van der Waals surface area contributed by atoms with Gasteiger partial charge in [0.1, 0.15) is 17.3 Å². The number of halogens is 5. The third kappa shape index (κ3) is 5.01. The summed E-state index contributed by atoms with van der Waals surface area (Å²) >= 11 is 0. The summed E-state index contributed by atoms with van der Waals surface area (Å²) in [5.41, 5.74) is 6.59. The zero-order valence-corrected chi connectivity index (χ0v) is 12.7. The van der Waals surface area contributed by atoms with E-state index >= 15 is 0 Å². The van der Waals surface area contributed by atoms with E-state index in [0.717, 1.165) is 12.1 Å². The Morgan fingerprint density at radius 3 is 2.09 bits per heavy atom. The summed E-state index contributed by atoms with van der Waals surface area (Å²) in [5.74, 6) is -0.456. The number of rotatable bonds is 4. The minimum atomic E-state index is -4.76. The monoisotopic (exact) mass is 351 g/mol. The molecule has 1 atom stereocenters. The highest BCUT2D eigenvalue weighted by Gasteiger charge is 2.31. The molecule has 0 aliphatic rings. The molecule has 0 saturated heterocycles. The Morgan fingerprint density at radius 2 is 1.57 bits per heavy atom. The van der Waals surface area contributed by atoms with Crippen molar-refractivity contribution in [1.82, 2.24) is 0 Å². The van der Waals surface area contributed by atoms with Crippen LogP contribution in [0.5, 0.6) is 11.5 Å². The van der Waals surface area contributed by atoms with Crippen molar-refractivity contribution in [1.29, 1.82) is 0 Å². The van der Waals surface area contributed by atoms with E-state index in [2.05, 4.69) is 4.74 Å². The van der Waals surface area contributed by atoms with Crippen molar-refractivity contribution in [3.05, 3.63) is 59.4 Å². The van der Waals surface area contributed by atoms with Gasteiger partial charge in [-0.15, -0.1) is 25.6 Å². The number of benzene rings is 2. The fourth-order valence-electron chi connectivity index (χ4n) is 1.94. The largest absolute Gasteiger partial charge is 0.573 e. The van der Waals surface area contributed by atoms with Crippen molar-refractivity contribution >= 4 is 12.4 Å². The van der Waals surface area contributed by atoms with Crippen LogP contribution in [0, 0.1) is 5.82 Å². The average molecular weight is 352 g/mol. The van der Waals surface area contributed by atoms with E-state index in [4.69, 9.17) is 10.5 Å². The Bertz CT molecular complexity index is 647. The topological polar surface area (TPSA) is 44.5 Å². The van der Waals surface area contributed by atoms with Gasteiger partial charge in [-0.05, 0) is 35.9 Å². The predicted octanol–water partition coefficient (Wildman–Crippen LogP) is 4.20. The first-order chi connectivity index (χ1) is 10.3. The molecule has 0 fully saturated rings. The molecule has 0 aromatic heterocycles. The molecule has 0 heterocycles. The maximum atomic E-state index is 13.8. The van der Waals surface area contributed by atoms with Gasteiger partial charge in [-0.2, -0.15) is 0 Å². The van der Waals surface area contributed by atoms with E-state index in [-0.39, 0.29) is 23.7 Å². The van der Waals surface area contributed by atoms with Crippen LogP contribution in [-0.2, 0) is 0 Å². The van der Waals surface area contributed by atoms with Crippen LogP contribution in [0.25, 0.3) is 0 Å². The maximum Gasteiger partial charge on any atom is 0.573 e. The lowest BCUT2D eigenvalue weighted by Crippen LogP contribution is -2.17. The van der Waals surface area contributed by atoms with E-state index in [1.54, 1.807) is 0 Å². The van der Waals surface area contributed by atoms with Gasteiger partial charge >= 0.3 is 6.36 Å². The van der Waals surface area contributed by atoms with Crippen molar-refractivity contribution in [2.75, 3.05) is 7.11 Å². The standard InChI is InChI=1S/C15H13F4NO2.ClH/c1-21-11-6-7-13(16)12(8-11)14(20)9-2-4-10(5-3-9)22-15(17,18)19;/h2-8,14H,20H2,1H3;1H/t14-;/m0./s1. The molecule has 3 nitrogen and oxygen atoms in total. The molecular formula is C15H14ClF4NO2. The summed E-state index contributed by atoms with van der Waals surface area (Å²) in [7, 11) is 1.44. The van der Waals surface area contributed by atoms with Crippen LogP contribution < -0.4 is 15.2 Å². The first kappa shape index (κ1) is 19.1. The molecule has 126 valence electrons. The van der Waals surface area contributed by atoms with Gasteiger partial charge in [0, 0.05) is 5.56 Å². The van der Waals surface area contributed by atoms with Crippen LogP contribution in [0.3, 0.4) is 0 Å². The maximum absolute atomic E-state index is 13.8. The van der Waals surface area contributed by atoms with E-state index < -0.39 is 18.2 Å². The number of nitrogens with two attached hydrogens (primary N) is 1. The van der Waals surface area contributed by atoms with Gasteiger partial charge in [-0.3, -0.25) is 0 Å². The molecule has 0 spiro atoms. The highest BCUT2D eigenvalue weighted by atomic mass is 35.5. The summed E-state index contributed by atoms with van der Waals surface area (Å²) < 4.78 is 58.9. The Balaban J connectivity index is 0.00000264. The molecule has 2 N–H and O–H groups in total. The number of hydrogen-bond acceptors (Lipinski definition) is 3. The predicted molar refractivity (Wildman–Crippen MR) is 79.4 cm³/mol. The molecule has 2 rings (SSSR count). The Morgan fingerprint density at radius 1 is 1.00 bits per heavy atom. The molecule has 2 aromatic carbocycles. The second-order valence-corrected chi connectivity index (χ2v) is 4.48. The fourth-order valence-corrected chi connectivity index (χ4v) is 1.94. The van der Waals surface area contributed by atoms with Crippen LogP contribution in [0.1, 0.15) is 17.2 Å². The molecule has 0 unspecified atom stereocenters. The number of methoxy groups -OCH3 is 1. The number of ether oxygens (including phenoxy) is 2. The summed E-state index contributed by atoms with van der Waals surface area (Å²) in [6.45, 7) is 0. The highest BCUT2D eigenvalue weighted by Crippen LogP contribution is 2.28. The van der Waals surface area contributed by atoms with Crippen LogP contribution in [0.4, 0.5) is 17.6 Å². The van der Waals surface area contributed by atoms with Crippen molar-refractivity contribution in [3.63, 3.8) is 0 Å². The van der Waals surface area contributed by atoms with Gasteiger partial charge in [0.25, 0.3) is 0 Å². The van der Waals surface area contributed by atoms with Crippen LogP contribution >= 0.6 is 12.4 Å². The molecule has 0 saturated carbocycles. The lowest BCUT2D eigenvalue weighted by molar-refractivity contribution is -0.274. The van der Waals surface area contributed by atoms with Crippen molar-refractivity contribution in [3.8, 4) is 11.5 Å². The minimum Gasteiger partial charge on any atom is -0.497 e. The second kappa shape index (κ2) is 7.52. The Hall–Kier alpha value is -1.99. The third-order valence-electron chi connectivity index (χ3n) is 3.01. The van der Waals surface area contributed by atoms with Crippen molar-refractivity contribution in [2.24, 2.45) is 5.73 Å². The zero-order chi connectivity index (χ0) is 16.3. The lowest BCUT2D eigenvalue weighted by Gasteiger charge is -2.15. The van der Waals surface area contributed by atoms with Gasteiger partial charge in [0.05, 0.1) is 13.2 Å². The van der Waals surface area contributed by atoms with Crippen molar-refractivity contribution < 1.29 is 27.0 Å². The summed E-state index contributed by atoms with van der Waals surface area (Å²) in [6, 6.07) is 8.23. The normalized spacial score (nSPS) is 12.3.